The van der Waals surface area contributed by atoms with Crippen LogP contribution in [0.4, 0.5) is 11.4 Å². The van der Waals surface area contributed by atoms with Crippen molar-refractivity contribution >= 4 is 45.9 Å². The second-order valence-corrected chi connectivity index (χ2v) is 6.95. The molecule has 35 heavy (non-hydrogen) atoms. The quantitative estimate of drug-likeness (QED) is 0.148. The van der Waals surface area contributed by atoms with Gasteiger partial charge in [0.05, 0.1) is 35.4 Å². The average Bonchev–Trinajstić information content (AvgIpc) is 2.84. The number of Topliss-reactive ketones (excluding diaryl/α,β-unsaturated/α-hetero) is 2. The maximum absolute atomic E-state index is 13.0. The van der Waals surface area contributed by atoms with E-state index in [1.807, 2.05) is 0 Å². The zero-order chi connectivity index (χ0) is 25.7. The van der Waals surface area contributed by atoms with Gasteiger partial charge in [-0.3, -0.25) is 29.3 Å². The summed E-state index contributed by atoms with van der Waals surface area (Å²) in [5, 5.41) is 13.3. The summed E-state index contributed by atoms with van der Waals surface area (Å²) in [5.41, 5.74) is -2.16. The molecule has 0 saturated heterocycles. The fraction of sp³-hybridized carbons (Fsp3) is 0.182. The summed E-state index contributed by atoms with van der Waals surface area (Å²) in [6.45, 7) is 1.97. The molecule has 1 amide bonds. The number of non-ortho nitro benzene ring substituents is 1. The normalized spacial score (nSPS) is 11.4. The van der Waals surface area contributed by atoms with E-state index in [4.69, 9.17) is 4.74 Å². The van der Waals surface area contributed by atoms with Crippen molar-refractivity contribution in [1.29, 1.82) is 0 Å². The smallest absolute Gasteiger partial charge is 0.375 e. The van der Waals surface area contributed by atoms with Crippen LogP contribution in [-0.4, -0.2) is 52.1 Å². The van der Waals surface area contributed by atoms with E-state index in [0.29, 0.717) is 0 Å². The molecule has 1 aromatic heterocycles. The monoisotopic (exact) mass is 482 g/mol. The molecule has 2 N–H and O–H groups in total. The maximum Gasteiger partial charge on any atom is 0.375 e. The number of ketones is 2. The van der Waals surface area contributed by atoms with E-state index in [1.54, 1.807) is 19.1 Å². The molecule has 0 fully saturated rings. The lowest BCUT2D eigenvalue weighted by Crippen LogP contribution is -2.39. The predicted octanol–water partition coefficient (Wildman–Crippen LogP) is 1.26. The third kappa shape index (κ3) is 5.19. The van der Waals surface area contributed by atoms with Crippen LogP contribution in [-0.2, 0) is 23.9 Å². The molecule has 0 aliphatic heterocycles. The summed E-state index contributed by atoms with van der Waals surface area (Å²) in [4.78, 5) is 79.7. The summed E-state index contributed by atoms with van der Waals surface area (Å²) in [6.07, 6.45) is 0. The number of H-pyrrole nitrogens is 1. The fourth-order valence-electron chi connectivity index (χ4n) is 3.15. The van der Waals surface area contributed by atoms with Crippen molar-refractivity contribution in [2.75, 3.05) is 19.0 Å². The van der Waals surface area contributed by atoms with Crippen molar-refractivity contribution in [3.63, 3.8) is 0 Å². The first kappa shape index (κ1) is 24.7. The number of aromatic nitrogens is 2. The summed E-state index contributed by atoms with van der Waals surface area (Å²) in [7, 11) is 0.886. The van der Waals surface area contributed by atoms with Crippen molar-refractivity contribution in [2.45, 2.75) is 12.8 Å². The molecule has 0 saturated carbocycles. The topological polar surface area (TPSA) is 188 Å². The van der Waals surface area contributed by atoms with E-state index in [-0.39, 0.29) is 34.8 Å². The first-order valence-corrected chi connectivity index (χ1v) is 10.1. The SMILES string of the molecule is CCOc1ccccc1NC(=O)C(=O)[C@@H](C(=O)C(=O)OC)c1nc2ccc([N+](=O)[O-])cc2[nH]c1=O. The maximum atomic E-state index is 13.0. The second-order valence-electron chi connectivity index (χ2n) is 6.95. The number of nitro groups is 1. The van der Waals surface area contributed by atoms with Gasteiger partial charge in [-0.25, -0.2) is 9.78 Å². The van der Waals surface area contributed by atoms with Gasteiger partial charge in [0.25, 0.3) is 22.9 Å². The molecule has 0 spiro atoms. The molecule has 0 bridgehead atoms. The lowest BCUT2D eigenvalue weighted by atomic mass is 9.94. The van der Waals surface area contributed by atoms with Crippen molar-refractivity contribution in [1.82, 2.24) is 9.97 Å². The van der Waals surface area contributed by atoms with Gasteiger partial charge in [-0.15, -0.1) is 0 Å². The number of ether oxygens (including phenoxy) is 2. The Morgan fingerprint density at radius 2 is 1.86 bits per heavy atom. The van der Waals surface area contributed by atoms with Crippen LogP contribution >= 0.6 is 0 Å². The zero-order valence-electron chi connectivity index (χ0n) is 18.4. The predicted molar refractivity (Wildman–Crippen MR) is 120 cm³/mol. The summed E-state index contributed by atoms with van der Waals surface area (Å²) < 4.78 is 9.75. The highest BCUT2D eigenvalue weighted by atomic mass is 16.6. The highest BCUT2D eigenvalue weighted by molar-refractivity contribution is 6.52. The largest absolute Gasteiger partial charge is 0.492 e. The van der Waals surface area contributed by atoms with Gasteiger partial charge in [-0.1, -0.05) is 12.1 Å². The molecule has 180 valence electrons. The van der Waals surface area contributed by atoms with Gasteiger partial charge in [-0.2, -0.15) is 0 Å². The number of nitrogens with one attached hydrogen (secondary N) is 2. The van der Waals surface area contributed by atoms with Gasteiger partial charge >= 0.3 is 5.97 Å². The molecule has 0 aliphatic rings. The average molecular weight is 482 g/mol. The van der Waals surface area contributed by atoms with Crippen molar-refractivity contribution in [3.05, 3.63) is 68.6 Å². The molecule has 0 aliphatic carbocycles. The van der Waals surface area contributed by atoms with E-state index >= 15 is 0 Å². The minimum Gasteiger partial charge on any atom is -0.492 e. The Morgan fingerprint density at radius 1 is 1.14 bits per heavy atom. The number of methoxy groups -OCH3 is 1. The molecule has 3 rings (SSSR count). The number of nitrogens with zero attached hydrogens (tertiary/aromatic N) is 2. The number of carbonyl (C=O) groups excluding carboxylic acids is 4. The van der Waals surface area contributed by atoms with E-state index in [1.165, 1.54) is 18.2 Å². The van der Waals surface area contributed by atoms with Gasteiger partial charge in [0.2, 0.25) is 5.78 Å². The van der Waals surface area contributed by atoms with Crippen molar-refractivity contribution < 1.29 is 33.6 Å². The van der Waals surface area contributed by atoms with Gasteiger partial charge in [0, 0.05) is 12.1 Å². The summed E-state index contributed by atoms with van der Waals surface area (Å²) in [5.74, 6) is -7.73. The Kier molecular flexibility index (Phi) is 7.29. The Labute approximate surface area is 196 Å². The third-order valence-electron chi connectivity index (χ3n) is 4.76. The van der Waals surface area contributed by atoms with Crippen molar-refractivity contribution in [2.24, 2.45) is 0 Å². The van der Waals surface area contributed by atoms with Crippen LogP contribution in [0.5, 0.6) is 5.75 Å². The molecule has 1 heterocycles. The van der Waals surface area contributed by atoms with E-state index in [9.17, 15) is 34.1 Å². The van der Waals surface area contributed by atoms with Crippen LogP contribution in [0, 0.1) is 10.1 Å². The molecular formula is C22H18N4O9. The number of esters is 1. The highest BCUT2D eigenvalue weighted by Gasteiger charge is 2.40. The van der Waals surface area contributed by atoms with Gasteiger partial charge in [0.15, 0.2) is 0 Å². The number of amides is 1. The number of carbonyl (C=O) groups is 4. The van der Waals surface area contributed by atoms with Crippen LogP contribution in [0.3, 0.4) is 0 Å². The number of hydrogen-bond donors (Lipinski definition) is 2. The number of para-hydroxylation sites is 2. The van der Waals surface area contributed by atoms with Gasteiger partial charge < -0.3 is 19.8 Å². The molecule has 3 aromatic rings. The molecule has 2 aromatic carbocycles. The standard InChI is InChI=1S/C22H18N4O9/c1-3-35-15-7-5-4-6-13(15)24-21(30)18(27)16(19(28)22(31)34-2)17-20(29)25-14-10-11(26(32)33)8-9-12(14)23-17/h4-10,16H,3H2,1-2H3,(H,24,30)(H,25,29)/t16-/m0/s1. The van der Waals surface area contributed by atoms with E-state index in [2.05, 4.69) is 20.0 Å². The number of rotatable bonds is 9. The van der Waals surface area contributed by atoms with Crippen LogP contribution in [0.1, 0.15) is 18.5 Å². The lowest BCUT2D eigenvalue weighted by Gasteiger charge is -2.14. The molecule has 0 radical (unpaired) electrons. The highest BCUT2D eigenvalue weighted by Crippen LogP contribution is 2.25. The molecular weight excluding hydrogens is 464 g/mol. The number of aromatic amines is 1. The van der Waals surface area contributed by atoms with Gasteiger partial charge in [0.1, 0.15) is 17.4 Å². The number of hydrogen-bond acceptors (Lipinski definition) is 10. The zero-order valence-corrected chi connectivity index (χ0v) is 18.4. The number of anilines is 1. The van der Waals surface area contributed by atoms with Crippen LogP contribution in [0.25, 0.3) is 11.0 Å². The minimum absolute atomic E-state index is 0.0252. The number of nitro benzene ring substituents is 1. The third-order valence-corrected chi connectivity index (χ3v) is 4.76. The molecule has 1 atom stereocenters. The minimum atomic E-state index is -2.23. The van der Waals surface area contributed by atoms with Crippen LogP contribution in [0.2, 0.25) is 0 Å². The summed E-state index contributed by atoms with van der Waals surface area (Å²) >= 11 is 0. The van der Waals surface area contributed by atoms with Gasteiger partial charge in [-0.05, 0) is 25.1 Å². The molecule has 0 unspecified atom stereocenters. The van der Waals surface area contributed by atoms with E-state index < -0.39 is 45.5 Å². The van der Waals surface area contributed by atoms with Crippen LogP contribution < -0.4 is 15.6 Å². The second kappa shape index (κ2) is 10.3. The summed E-state index contributed by atoms with van der Waals surface area (Å²) in [6, 6.07) is 9.48. The molecule has 13 nitrogen and oxygen atoms in total. The fourth-order valence-corrected chi connectivity index (χ4v) is 3.15. The van der Waals surface area contributed by atoms with Crippen molar-refractivity contribution in [3.8, 4) is 5.75 Å². The number of benzene rings is 2. The Hall–Kier alpha value is -4.94. The lowest BCUT2D eigenvalue weighted by molar-refractivity contribution is -0.384. The Balaban J connectivity index is 2.06. The first-order chi connectivity index (χ1) is 16.7. The van der Waals surface area contributed by atoms with Crippen LogP contribution in [0.15, 0.2) is 47.3 Å². The Morgan fingerprint density at radius 3 is 2.51 bits per heavy atom. The Bertz CT molecular complexity index is 1410. The van der Waals surface area contributed by atoms with E-state index in [0.717, 1.165) is 19.2 Å². The first-order valence-electron chi connectivity index (χ1n) is 10.1. The molecule has 13 heteroatoms. The number of fused-ring (bicyclic) bond motifs is 1.